The number of thioether (sulfide) groups is 1. The first-order valence-electron chi connectivity index (χ1n) is 12.3. The molecule has 0 spiro atoms. The van der Waals surface area contributed by atoms with Gasteiger partial charge in [0.2, 0.25) is 0 Å². The smallest absolute Gasteiger partial charge is 0.412 e. The summed E-state index contributed by atoms with van der Waals surface area (Å²) in [6.45, 7) is 5.39. The molecule has 37 heavy (non-hydrogen) atoms. The zero-order valence-electron chi connectivity index (χ0n) is 21.5. The van der Waals surface area contributed by atoms with Crippen molar-refractivity contribution in [1.82, 2.24) is 0 Å². The number of benzene rings is 4. The highest BCUT2D eigenvalue weighted by molar-refractivity contribution is 7.99. The fourth-order valence-corrected chi connectivity index (χ4v) is 5.86. The minimum atomic E-state index is -0.614. The van der Waals surface area contributed by atoms with Gasteiger partial charge in [0.15, 0.2) is 0 Å². The third kappa shape index (κ3) is 6.43. The van der Waals surface area contributed by atoms with E-state index in [-0.39, 0.29) is 6.61 Å². The van der Waals surface area contributed by atoms with E-state index >= 15 is 0 Å². The average molecular weight is 512 g/mol. The van der Waals surface area contributed by atoms with Crippen LogP contribution in [-0.2, 0) is 21.8 Å². The highest BCUT2D eigenvalue weighted by Crippen LogP contribution is 2.50. The predicted octanol–water partition coefficient (Wildman–Crippen LogP) is 7.75. The van der Waals surface area contributed by atoms with Crippen LogP contribution in [0.2, 0.25) is 0 Å². The van der Waals surface area contributed by atoms with Gasteiger partial charge in [-0.1, -0.05) is 103 Å². The Bertz CT molecular complexity index is 1210. The standard InChI is InChI=1S/C32H33NO3S/c1-31(2,3)36-30(35)33-29-21-24(22-34)19-20-25(29)23-37-32(26-13-7-4-8-14-26,27-15-9-5-10-16-27)28-17-11-6-12-18-28/h4-21,34H,22-23H2,1-3H3,(H,33,35). The summed E-state index contributed by atoms with van der Waals surface area (Å²) in [5.74, 6) is 0.607. The zero-order chi connectivity index (χ0) is 26.3. The van der Waals surface area contributed by atoms with Gasteiger partial charge in [0.25, 0.3) is 0 Å². The summed E-state index contributed by atoms with van der Waals surface area (Å²) in [6.07, 6.45) is -0.519. The summed E-state index contributed by atoms with van der Waals surface area (Å²) in [6, 6.07) is 37.2. The fourth-order valence-electron chi connectivity index (χ4n) is 4.33. The first kappa shape index (κ1) is 26.5. The van der Waals surface area contributed by atoms with E-state index in [1.165, 1.54) is 16.7 Å². The van der Waals surface area contributed by atoms with Crippen LogP contribution < -0.4 is 5.32 Å². The topological polar surface area (TPSA) is 58.6 Å². The number of carbonyl (C=O) groups excluding carboxylic acids is 1. The molecular formula is C32H33NO3S. The van der Waals surface area contributed by atoms with Gasteiger partial charge in [-0.2, -0.15) is 0 Å². The highest BCUT2D eigenvalue weighted by Gasteiger charge is 2.37. The van der Waals surface area contributed by atoms with Crippen molar-refractivity contribution in [3.8, 4) is 0 Å². The van der Waals surface area contributed by atoms with Crippen LogP contribution >= 0.6 is 11.8 Å². The summed E-state index contributed by atoms with van der Waals surface area (Å²) < 4.78 is 5.02. The third-order valence-corrected chi connectivity index (χ3v) is 7.57. The van der Waals surface area contributed by atoms with Crippen LogP contribution in [0.1, 0.15) is 48.6 Å². The molecule has 4 nitrogen and oxygen atoms in total. The molecule has 0 fully saturated rings. The molecule has 190 valence electrons. The molecule has 5 heteroatoms. The molecule has 0 unspecified atom stereocenters. The van der Waals surface area contributed by atoms with Gasteiger partial charge >= 0.3 is 6.09 Å². The van der Waals surface area contributed by atoms with Crippen LogP contribution in [0.15, 0.2) is 109 Å². The van der Waals surface area contributed by atoms with Crippen molar-refractivity contribution in [2.75, 3.05) is 5.32 Å². The molecule has 0 atom stereocenters. The van der Waals surface area contributed by atoms with E-state index in [2.05, 4.69) is 78.1 Å². The summed E-state index contributed by atoms with van der Waals surface area (Å²) in [5, 5.41) is 12.6. The number of aliphatic hydroxyl groups is 1. The monoisotopic (exact) mass is 511 g/mol. The van der Waals surface area contributed by atoms with Crippen molar-refractivity contribution in [2.24, 2.45) is 0 Å². The van der Waals surface area contributed by atoms with E-state index in [1.54, 1.807) is 11.8 Å². The Morgan fingerprint density at radius 3 is 1.70 bits per heavy atom. The van der Waals surface area contributed by atoms with Gasteiger partial charge < -0.3 is 9.84 Å². The molecule has 0 aliphatic heterocycles. The van der Waals surface area contributed by atoms with Crippen molar-refractivity contribution in [2.45, 2.75) is 43.5 Å². The van der Waals surface area contributed by atoms with E-state index in [4.69, 9.17) is 4.74 Å². The van der Waals surface area contributed by atoms with Gasteiger partial charge in [-0.25, -0.2) is 4.79 Å². The van der Waals surface area contributed by atoms with Crippen molar-refractivity contribution in [1.29, 1.82) is 0 Å². The van der Waals surface area contributed by atoms with E-state index in [1.807, 2.05) is 57.2 Å². The van der Waals surface area contributed by atoms with Crippen molar-refractivity contribution in [3.05, 3.63) is 137 Å². The molecule has 4 aromatic rings. The molecule has 0 saturated heterocycles. The molecule has 1 amide bonds. The summed E-state index contributed by atoms with van der Waals surface area (Å²) in [7, 11) is 0. The summed E-state index contributed by atoms with van der Waals surface area (Å²) >= 11 is 1.79. The Balaban J connectivity index is 1.78. The maximum absolute atomic E-state index is 12.6. The number of hydrogen-bond donors (Lipinski definition) is 2. The number of rotatable bonds is 8. The molecule has 2 N–H and O–H groups in total. The van der Waals surface area contributed by atoms with E-state index in [0.717, 1.165) is 11.1 Å². The minimum absolute atomic E-state index is 0.113. The lowest BCUT2D eigenvalue weighted by Gasteiger charge is -2.35. The van der Waals surface area contributed by atoms with Crippen LogP contribution in [0.25, 0.3) is 0 Å². The molecule has 0 aromatic heterocycles. The normalized spacial score (nSPS) is 11.7. The second-order valence-electron chi connectivity index (χ2n) is 9.84. The first-order valence-corrected chi connectivity index (χ1v) is 13.3. The Kier molecular flexibility index (Phi) is 8.37. The van der Waals surface area contributed by atoms with Crippen LogP contribution in [0.5, 0.6) is 0 Å². The van der Waals surface area contributed by atoms with Gasteiger partial charge in [0, 0.05) is 11.4 Å². The maximum Gasteiger partial charge on any atom is 0.412 e. The average Bonchev–Trinajstić information content (AvgIpc) is 2.90. The van der Waals surface area contributed by atoms with Gasteiger partial charge in [0.1, 0.15) is 5.60 Å². The van der Waals surface area contributed by atoms with Gasteiger partial charge in [-0.05, 0) is 54.7 Å². The number of anilines is 1. The number of carbonyl (C=O) groups is 1. The molecule has 0 aliphatic carbocycles. The van der Waals surface area contributed by atoms with Crippen molar-refractivity contribution >= 4 is 23.5 Å². The van der Waals surface area contributed by atoms with Gasteiger partial charge in [-0.3, -0.25) is 5.32 Å². The van der Waals surface area contributed by atoms with E-state index in [9.17, 15) is 9.90 Å². The fraction of sp³-hybridized carbons (Fsp3) is 0.219. The third-order valence-electron chi connectivity index (χ3n) is 5.98. The van der Waals surface area contributed by atoms with E-state index < -0.39 is 16.4 Å². The van der Waals surface area contributed by atoms with Crippen LogP contribution in [-0.4, -0.2) is 16.8 Å². The summed E-state index contributed by atoms with van der Waals surface area (Å²) in [5.41, 5.74) is 5.20. The zero-order valence-corrected chi connectivity index (χ0v) is 22.3. The number of aliphatic hydroxyl groups excluding tert-OH is 1. The summed E-state index contributed by atoms with van der Waals surface area (Å²) in [4.78, 5) is 12.6. The Labute approximate surface area is 223 Å². The van der Waals surface area contributed by atoms with Gasteiger partial charge in [-0.15, -0.1) is 11.8 Å². The molecule has 0 radical (unpaired) electrons. The Hall–Kier alpha value is -3.54. The SMILES string of the molecule is CC(C)(C)OC(=O)Nc1cc(CO)ccc1CSC(c1ccccc1)(c1ccccc1)c1ccccc1. The Morgan fingerprint density at radius 1 is 0.784 bits per heavy atom. The van der Waals surface area contributed by atoms with Crippen LogP contribution in [0.4, 0.5) is 10.5 Å². The highest BCUT2D eigenvalue weighted by atomic mass is 32.2. The number of ether oxygens (including phenoxy) is 1. The molecule has 4 aromatic carbocycles. The lowest BCUT2D eigenvalue weighted by molar-refractivity contribution is 0.0635. The number of hydrogen-bond acceptors (Lipinski definition) is 4. The van der Waals surface area contributed by atoms with E-state index in [0.29, 0.717) is 11.4 Å². The maximum atomic E-state index is 12.6. The quantitative estimate of drug-likeness (QED) is 0.237. The number of nitrogens with one attached hydrogen (secondary N) is 1. The van der Waals surface area contributed by atoms with Crippen LogP contribution in [0.3, 0.4) is 0 Å². The van der Waals surface area contributed by atoms with Gasteiger partial charge in [0.05, 0.1) is 11.4 Å². The van der Waals surface area contributed by atoms with Crippen molar-refractivity contribution in [3.63, 3.8) is 0 Å². The molecule has 4 rings (SSSR count). The molecule has 0 saturated carbocycles. The minimum Gasteiger partial charge on any atom is -0.444 e. The second kappa shape index (κ2) is 11.7. The lowest BCUT2D eigenvalue weighted by Crippen LogP contribution is -2.28. The lowest BCUT2D eigenvalue weighted by atomic mass is 9.84. The predicted molar refractivity (Wildman–Crippen MR) is 153 cm³/mol. The first-order chi connectivity index (χ1) is 17.8. The largest absolute Gasteiger partial charge is 0.444 e. The molecule has 0 bridgehead atoms. The molecule has 0 aliphatic rings. The van der Waals surface area contributed by atoms with Crippen molar-refractivity contribution < 1.29 is 14.6 Å². The molecular weight excluding hydrogens is 478 g/mol. The molecule has 0 heterocycles. The second-order valence-corrected chi connectivity index (χ2v) is 11.0. The Morgan fingerprint density at radius 2 is 1.27 bits per heavy atom. The number of amides is 1. The van der Waals surface area contributed by atoms with Crippen LogP contribution in [0, 0.1) is 0 Å².